The molecule has 0 saturated carbocycles. The quantitative estimate of drug-likeness (QED) is 0.331. The van der Waals surface area contributed by atoms with Crippen molar-refractivity contribution < 1.29 is 9.18 Å². The molecule has 2 aliphatic rings. The number of aryl methyl sites for hydroxylation is 2. The number of likely N-dealkylation sites (tertiary alicyclic amines) is 1. The molecule has 0 bridgehead atoms. The van der Waals surface area contributed by atoms with E-state index in [2.05, 4.69) is 41.5 Å². The van der Waals surface area contributed by atoms with E-state index in [1.54, 1.807) is 19.1 Å². The van der Waals surface area contributed by atoms with Gasteiger partial charge in [-0.15, -0.1) is 24.8 Å². The van der Waals surface area contributed by atoms with Crippen LogP contribution in [0.1, 0.15) is 54.6 Å². The minimum absolute atomic E-state index is 0. The molecule has 1 amide bonds. The van der Waals surface area contributed by atoms with Gasteiger partial charge in [-0.2, -0.15) is 0 Å². The van der Waals surface area contributed by atoms with Crippen molar-refractivity contribution in [3.8, 4) is 0 Å². The highest BCUT2D eigenvalue weighted by atomic mass is 35.5. The molecule has 3 N–H and O–H groups in total. The number of nitrogen functional groups attached to an aromatic ring is 1. The van der Waals surface area contributed by atoms with Crippen LogP contribution in [0.15, 0.2) is 42.5 Å². The van der Waals surface area contributed by atoms with E-state index in [9.17, 15) is 9.18 Å². The van der Waals surface area contributed by atoms with Crippen molar-refractivity contribution in [2.75, 3.05) is 44.3 Å². The van der Waals surface area contributed by atoms with Gasteiger partial charge in [0.2, 0.25) is 5.91 Å². The number of halogens is 3. The summed E-state index contributed by atoms with van der Waals surface area (Å²) in [7, 11) is 2.12. The largest absolute Gasteiger partial charge is 0.399 e. The summed E-state index contributed by atoms with van der Waals surface area (Å²) in [5, 5.41) is 4.51. The van der Waals surface area contributed by atoms with Crippen molar-refractivity contribution in [1.29, 1.82) is 0 Å². The topological polar surface area (TPSA) is 74.5 Å². The fourth-order valence-corrected chi connectivity index (χ4v) is 5.77. The van der Waals surface area contributed by atoms with E-state index in [1.165, 1.54) is 5.57 Å². The lowest BCUT2D eigenvalue weighted by Gasteiger charge is -2.34. The van der Waals surface area contributed by atoms with E-state index in [0.717, 1.165) is 66.7 Å². The molecular formula is C31H40Cl2FN5O. The summed E-state index contributed by atoms with van der Waals surface area (Å²) in [5.41, 5.74) is 12.7. The van der Waals surface area contributed by atoms with Crippen molar-refractivity contribution >= 4 is 58.6 Å². The third kappa shape index (κ3) is 6.70. The predicted octanol–water partition coefficient (Wildman–Crippen LogP) is 6.55. The molecule has 0 unspecified atom stereocenters. The van der Waals surface area contributed by atoms with Gasteiger partial charge in [-0.3, -0.25) is 9.78 Å². The molecule has 0 spiro atoms. The summed E-state index contributed by atoms with van der Waals surface area (Å²) in [4.78, 5) is 22.1. The molecule has 1 fully saturated rings. The van der Waals surface area contributed by atoms with Gasteiger partial charge in [0.1, 0.15) is 5.82 Å². The first kappa shape index (κ1) is 31.7. The van der Waals surface area contributed by atoms with Crippen LogP contribution in [0, 0.1) is 25.6 Å². The normalized spacial score (nSPS) is 17.0. The molecule has 6 nitrogen and oxygen atoms in total. The van der Waals surface area contributed by atoms with Crippen LogP contribution in [0.25, 0.3) is 16.5 Å². The number of anilines is 2. The van der Waals surface area contributed by atoms with Crippen LogP contribution in [0.4, 0.5) is 15.8 Å². The van der Waals surface area contributed by atoms with Gasteiger partial charge in [-0.25, -0.2) is 4.39 Å². The van der Waals surface area contributed by atoms with Crippen LogP contribution >= 0.6 is 24.8 Å². The average Bonchev–Trinajstić information content (AvgIpc) is 2.90. The molecular weight excluding hydrogens is 548 g/mol. The molecule has 3 heterocycles. The predicted molar refractivity (Wildman–Crippen MR) is 168 cm³/mol. The summed E-state index contributed by atoms with van der Waals surface area (Å²) < 4.78 is 14.9. The van der Waals surface area contributed by atoms with Crippen LogP contribution in [-0.2, 0) is 4.79 Å². The number of rotatable bonds is 5. The summed E-state index contributed by atoms with van der Waals surface area (Å²) >= 11 is 0. The highest BCUT2D eigenvalue weighted by molar-refractivity contribution is 5.94. The Kier molecular flexibility index (Phi) is 10.4. The van der Waals surface area contributed by atoms with Gasteiger partial charge in [-0.1, -0.05) is 12.1 Å². The molecule has 0 aliphatic carbocycles. The third-order valence-corrected chi connectivity index (χ3v) is 8.04. The molecule has 9 heteroatoms. The maximum Gasteiger partial charge on any atom is 0.226 e. The maximum atomic E-state index is 14.9. The molecule has 216 valence electrons. The molecule has 5 rings (SSSR count). The SMILES string of the molecule is Cc1cc(N[C@H](C)c2cc(N)cc(C)c2F)c2cc(C3=CCN(C(=O)C4CCN(C)CC4)CC3)ccc2n1.Cl.Cl. The zero-order valence-electron chi connectivity index (χ0n) is 23.7. The summed E-state index contributed by atoms with van der Waals surface area (Å²) in [6, 6.07) is 11.4. The first-order chi connectivity index (χ1) is 18.2. The number of carbonyl (C=O) groups excluding carboxylic acids is 1. The van der Waals surface area contributed by atoms with Crippen LogP contribution in [0.5, 0.6) is 0 Å². The van der Waals surface area contributed by atoms with E-state index < -0.39 is 0 Å². The van der Waals surface area contributed by atoms with Gasteiger partial charge in [0.05, 0.1) is 11.6 Å². The maximum absolute atomic E-state index is 14.9. The molecule has 1 aromatic heterocycles. The number of carbonyl (C=O) groups is 1. The van der Waals surface area contributed by atoms with Crippen LogP contribution in [-0.4, -0.2) is 53.9 Å². The first-order valence-electron chi connectivity index (χ1n) is 13.6. The Labute approximate surface area is 249 Å². The van der Waals surface area contributed by atoms with Gasteiger partial charge in [0, 0.05) is 47.0 Å². The van der Waals surface area contributed by atoms with E-state index in [1.807, 2.05) is 24.8 Å². The highest BCUT2D eigenvalue weighted by Crippen LogP contribution is 2.33. The highest BCUT2D eigenvalue weighted by Gasteiger charge is 2.28. The zero-order chi connectivity index (χ0) is 27.0. The number of amides is 1. The number of nitrogens with two attached hydrogens (primary N) is 1. The van der Waals surface area contributed by atoms with Gasteiger partial charge in [0.15, 0.2) is 0 Å². The Morgan fingerprint density at radius 1 is 1.10 bits per heavy atom. The van der Waals surface area contributed by atoms with Gasteiger partial charge >= 0.3 is 0 Å². The lowest BCUT2D eigenvalue weighted by atomic mass is 9.93. The summed E-state index contributed by atoms with van der Waals surface area (Å²) in [6.45, 7) is 9.04. The number of benzene rings is 2. The smallest absolute Gasteiger partial charge is 0.226 e. The second kappa shape index (κ2) is 13.2. The van der Waals surface area contributed by atoms with Crippen LogP contribution in [0.2, 0.25) is 0 Å². The van der Waals surface area contributed by atoms with E-state index in [0.29, 0.717) is 29.3 Å². The number of hydrogen-bond donors (Lipinski definition) is 2. The van der Waals surface area contributed by atoms with Crippen molar-refractivity contribution in [3.63, 3.8) is 0 Å². The van der Waals surface area contributed by atoms with Crippen LogP contribution in [0.3, 0.4) is 0 Å². The Balaban J connectivity index is 0.00000220. The molecule has 2 aromatic carbocycles. The molecule has 1 saturated heterocycles. The van der Waals surface area contributed by atoms with Crippen molar-refractivity contribution in [2.24, 2.45) is 5.92 Å². The Hall–Kier alpha value is -2.87. The van der Waals surface area contributed by atoms with Gasteiger partial charge < -0.3 is 20.9 Å². The molecule has 3 aromatic rings. The first-order valence-corrected chi connectivity index (χ1v) is 13.6. The molecule has 1 atom stereocenters. The summed E-state index contributed by atoms with van der Waals surface area (Å²) in [5.74, 6) is 0.220. The number of nitrogens with zero attached hydrogens (tertiary/aromatic N) is 3. The average molecular weight is 589 g/mol. The number of piperidine rings is 1. The van der Waals surface area contributed by atoms with E-state index in [-0.39, 0.29) is 42.6 Å². The Morgan fingerprint density at radius 3 is 2.50 bits per heavy atom. The summed E-state index contributed by atoms with van der Waals surface area (Å²) in [6.07, 6.45) is 4.93. The van der Waals surface area contributed by atoms with Gasteiger partial charge in [-0.05, 0) is 107 Å². The van der Waals surface area contributed by atoms with Crippen molar-refractivity contribution in [1.82, 2.24) is 14.8 Å². The number of hydrogen-bond acceptors (Lipinski definition) is 5. The number of aromatic nitrogens is 1. The number of fused-ring (bicyclic) bond motifs is 1. The minimum Gasteiger partial charge on any atom is -0.399 e. The molecule has 2 aliphatic heterocycles. The molecule has 0 radical (unpaired) electrons. The van der Waals surface area contributed by atoms with Crippen LogP contribution < -0.4 is 11.1 Å². The van der Waals surface area contributed by atoms with E-state index in [4.69, 9.17) is 10.7 Å². The van der Waals surface area contributed by atoms with Crippen molar-refractivity contribution in [2.45, 2.75) is 46.1 Å². The van der Waals surface area contributed by atoms with Gasteiger partial charge in [0.25, 0.3) is 0 Å². The minimum atomic E-state index is -0.279. The second-order valence-electron chi connectivity index (χ2n) is 11.0. The monoisotopic (exact) mass is 587 g/mol. The lowest BCUT2D eigenvalue weighted by Crippen LogP contribution is -2.43. The van der Waals surface area contributed by atoms with E-state index >= 15 is 0 Å². The van der Waals surface area contributed by atoms with Crippen molar-refractivity contribution in [3.05, 3.63) is 70.7 Å². The Bertz CT molecular complexity index is 1400. The lowest BCUT2D eigenvalue weighted by molar-refractivity contribution is -0.136. The number of pyridine rings is 1. The fourth-order valence-electron chi connectivity index (χ4n) is 5.77. The zero-order valence-corrected chi connectivity index (χ0v) is 25.3. The second-order valence-corrected chi connectivity index (χ2v) is 11.0. The fraction of sp³-hybridized carbons (Fsp3) is 0.419. The number of nitrogens with one attached hydrogen (secondary N) is 1. The Morgan fingerprint density at radius 2 is 1.82 bits per heavy atom. The standard InChI is InChI=1S/C31H38FN5O.2ClH/c1-19-15-25(33)18-26(30(19)32)21(3)35-29-16-20(2)34-28-6-5-24(17-27(28)29)22-9-13-37(14-10-22)31(38)23-7-11-36(4)12-8-23;;/h5-6,9,15-18,21,23H,7-8,10-14,33H2,1-4H3,(H,34,35);2*1H/t21-;;/m1../s1. The third-order valence-electron chi connectivity index (χ3n) is 8.04. The molecule has 40 heavy (non-hydrogen) atoms.